The third kappa shape index (κ3) is 1.50. The normalized spacial score (nSPS) is 19.6. The second-order valence-electron chi connectivity index (χ2n) is 3.24. The molecule has 13 heavy (non-hydrogen) atoms. The average Bonchev–Trinajstić information content (AvgIpc) is 2.43. The fourth-order valence-electron chi connectivity index (χ4n) is 1.72. The van der Waals surface area contributed by atoms with Crippen LogP contribution in [-0.4, -0.2) is 17.4 Å². The number of carbonyl (C=O) groups excluding carboxylic acids is 2. The summed E-state index contributed by atoms with van der Waals surface area (Å²) in [6, 6.07) is 0. The second kappa shape index (κ2) is 3.32. The van der Waals surface area contributed by atoms with E-state index in [0.717, 1.165) is 0 Å². The number of Topliss-reactive ketones (excluding diaryl/α,β-unsaturated/α-hetero) is 1. The summed E-state index contributed by atoms with van der Waals surface area (Å²) >= 11 is 0. The van der Waals surface area contributed by atoms with Crippen LogP contribution < -0.4 is 0 Å². The predicted molar refractivity (Wildman–Crippen MR) is 48.2 cm³/mol. The summed E-state index contributed by atoms with van der Waals surface area (Å²) in [4.78, 5) is 22.3. The van der Waals surface area contributed by atoms with Gasteiger partial charge in [-0.3, -0.25) is 4.79 Å². The first kappa shape index (κ1) is 9.96. The van der Waals surface area contributed by atoms with Crippen LogP contribution in [0.2, 0.25) is 0 Å². The molecule has 0 N–H and O–H groups in total. The lowest BCUT2D eigenvalue weighted by molar-refractivity contribution is -0.146. The average molecular weight is 182 g/mol. The van der Waals surface area contributed by atoms with Crippen LogP contribution >= 0.6 is 0 Å². The molecule has 0 fully saturated rings. The molecule has 3 heteroatoms. The zero-order valence-corrected chi connectivity index (χ0v) is 8.22. The molecule has 1 rings (SSSR count). The smallest absolute Gasteiger partial charge is 0.332 e. The minimum atomic E-state index is -0.650. The maximum atomic E-state index is 11.2. The van der Waals surface area contributed by atoms with E-state index in [1.54, 1.807) is 0 Å². The Hall–Kier alpha value is -1.12. The number of hydrogen-bond donors (Lipinski definition) is 0. The molecule has 0 spiro atoms. The summed E-state index contributed by atoms with van der Waals surface area (Å²) in [6.45, 7) is 5.30. The van der Waals surface area contributed by atoms with Crippen molar-refractivity contribution >= 4 is 11.8 Å². The molecule has 0 aliphatic carbocycles. The minimum absolute atomic E-state index is 0.0745. The highest BCUT2D eigenvalue weighted by Gasteiger charge is 2.41. The van der Waals surface area contributed by atoms with Gasteiger partial charge in [-0.25, -0.2) is 4.79 Å². The van der Waals surface area contributed by atoms with Gasteiger partial charge in [0.2, 0.25) is 0 Å². The molecule has 0 aromatic rings. The largest absolute Gasteiger partial charge is 0.451 e. The van der Waals surface area contributed by atoms with Gasteiger partial charge in [-0.15, -0.1) is 0 Å². The molecule has 3 nitrogen and oxygen atoms in total. The van der Waals surface area contributed by atoms with Crippen molar-refractivity contribution in [1.82, 2.24) is 0 Å². The van der Waals surface area contributed by atoms with Crippen molar-refractivity contribution in [3.63, 3.8) is 0 Å². The predicted octanol–water partition coefficient (Wildman–Crippen LogP) is 1.62. The van der Waals surface area contributed by atoms with Crippen molar-refractivity contribution in [2.24, 2.45) is 0 Å². The van der Waals surface area contributed by atoms with Crippen molar-refractivity contribution in [3.05, 3.63) is 11.6 Å². The molecule has 0 saturated heterocycles. The Labute approximate surface area is 77.8 Å². The number of rotatable bonds is 3. The fourth-order valence-corrected chi connectivity index (χ4v) is 1.72. The van der Waals surface area contributed by atoms with Gasteiger partial charge in [0.25, 0.3) is 0 Å². The molecular weight excluding hydrogens is 168 g/mol. The van der Waals surface area contributed by atoms with Gasteiger partial charge in [0, 0.05) is 11.6 Å². The highest BCUT2D eigenvalue weighted by molar-refractivity contribution is 6.04. The highest BCUT2D eigenvalue weighted by Crippen LogP contribution is 2.34. The van der Waals surface area contributed by atoms with Crippen molar-refractivity contribution in [2.45, 2.75) is 39.2 Å². The summed E-state index contributed by atoms with van der Waals surface area (Å²) in [5, 5.41) is 0. The minimum Gasteiger partial charge on any atom is -0.451 e. The van der Waals surface area contributed by atoms with E-state index in [1.807, 2.05) is 13.8 Å². The van der Waals surface area contributed by atoms with Gasteiger partial charge < -0.3 is 4.74 Å². The molecule has 0 bridgehead atoms. The SMILES string of the molecule is CCC1(CC)OC(=O)C=C1C(C)=O. The summed E-state index contributed by atoms with van der Waals surface area (Å²) in [7, 11) is 0. The first-order valence-corrected chi connectivity index (χ1v) is 4.52. The monoisotopic (exact) mass is 182 g/mol. The third-order valence-electron chi connectivity index (χ3n) is 2.57. The summed E-state index contributed by atoms with van der Waals surface area (Å²) < 4.78 is 5.17. The van der Waals surface area contributed by atoms with Gasteiger partial charge in [-0.2, -0.15) is 0 Å². The van der Waals surface area contributed by atoms with Crippen LogP contribution in [0.15, 0.2) is 11.6 Å². The molecule has 0 unspecified atom stereocenters. The first-order chi connectivity index (χ1) is 6.05. The molecule has 1 heterocycles. The van der Waals surface area contributed by atoms with Crippen molar-refractivity contribution in [2.75, 3.05) is 0 Å². The van der Waals surface area contributed by atoms with Gasteiger partial charge >= 0.3 is 5.97 Å². The molecule has 0 saturated carbocycles. The molecule has 1 aliphatic rings. The van der Waals surface area contributed by atoms with Gasteiger partial charge in [-0.1, -0.05) is 13.8 Å². The number of cyclic esters (lactones) is 1. The van der Waals surface area contributed by atoms with E-state index in [9.17, 15) is 9.59 Å². The van der Waals surface area contributed by atoms with E-state index in [4.69, 9.17) is 4.74 Å². The molecule has 0 aromatic heterocycles. The highest BCUT2D eigenvalue weighted by atomic mass is 16.6. The molecule has 0 amide bonds. The zero-order valence-electron chi connectivity index (χ0n) is 8.22. The molecule has 1 aliphatic heterocycles. The quantitative estimate of drug-likeness (QED) is 0.623. The Morgan fingerprint density at radius 1 is 1.46 bits per heavy atom. The van der Waals surface area contributed by atoms with Crippen LogP contribution in [-0.2, 0) is 14.3 Å². The molecule has 72 valence electrons. The van der Waals surface area contributed by atoms with Crippen molar-refractivity contribution < 1.29 is 14.3 Å². The Bertz CT molecular complexity index is 272. The van der Waals surface area contributed by atoms with Crippen LogP contribution in [0.1, 0.15) is 33.6 Å². The van der Waals surface area contributed by atoms with Gasteiger partial charge in [0.05, 0.1) is 0 Å². The number of ketones is 1. The van der Waals surface area contributed by atoms with E-state index in [2.05, 4.69) is 0 Å². The van der Waals surface area contributed by atoms with E-state index < -0.39 is 11.6 Å². The molecule has 0 radical (unpaired) electrons. The first-order valence-electron chi connectivity index (χ1n) is 4.52. The van der Waals surface area contributed by atoms with Gasteiger partial charge in [0.15, 0.2) is 5.78 Å². The Kier molecular flexibility index (Phi) is 2.55. The lowest BCUT2D eigenvalue weighted by Crippen LogP contribution is -2.33. The number of ether oxygens (including phenoxy) is 1. The summed E-state index contributed by atoms with van der Waals surface area (Å²) in [6.07, 6.45) is 2.62. The Morgan fingerprint density at radius 3 is 2.31 bits per heavy atom. The fraction of sp³-hybridized carbons (Fsp3) is 0.600. The number of carbonyl (C=O) groups is 2. The Morgan fingerprint density at radius 2 is 2.00 bits per heavy atom. The lowest BCUT2D eigenvalue weighted by Gasteiger charge is -2.27. The van der Waals surface area contributed by atoms with Gasteiger partial charge in [-0.05, 0) is 19.8 Å². The third-order valence-corrected chi connectivity index (χ3v) is 2.57. The Balaban J connectivity index is 3.07. The summed E-state index contributed by atoms with van der Waals surface area (Å²) in [5.41, 5.74) is -0.134. The molecule has 0 atom stereocenters. The van der Waals surface area contributed by atoms with Crippen LogP contribution in [0.4, 0.5) is 0 Å². The molecule has 0 aromatic carbocycles. The van der Waals surface area contributed by atoms with Crippen LogP contribution in [0.3, 0.4) is 0 Å². The maximum Gasteiger partial charge on any atom is 0.332 e. The van der Waals surface area contributed by atoms with E-state index in [0.29, 0.717) is 18.4 Å². The van der Waals surface area contributed by atoms with Crippen LogP contribution in [0.25, 0.3) is 0 Å². The number of hydrogen-bond acceptors (Lipinski definition) is 3. The lowest BCUT2D eigenvalue weighted by atomic mass is 9.87. The maximum absolute atomic E-state index is 11.2. The van der Waals surface area contributed by atoms with E-state index >= 15 is 0 Å². The zero-order chi connectivity index (χ0) is 10.1. The van der Waals surface area contributed by atoms with Crippen LogP contribution in [0.5, 0.6) is 0 Å². The van der Waals surface area contributed by atoms with E-state index in [1.165, 1.54) is 13.0 Å². The topological polar surface area (TPSA) is 43.4 Å². The van der Waals surface area contributed by atoms with Crippen LogP contribution in [0, 0.1) is 0 Å². The van der Waals surface area contributed by atoms with Crippen molar-refractivity contribution in [3.8, 4) is 0 Å². The van der Waals surface area contributed by atoms with E-state index in [-0.39, 0.29) is 5.78 Å². The summed E-state index contributed by atoms with van der Waals surface area (Å²) in [5.74, 6) is -0.469. The number of esters is 1. The molecular formula is C10H14O3. The standard InChI is InChI=1S/C10H14O3/c1-4-10(5-2)8(7(3)11)6-9(12)13-10/h6H,4-5H2,1-3H3. The van der Waals surface area contributed by atoms with Gasteiger partial charge in [0.1, 0.15) is 5.60 Å². The second-order valence-corrected chi connectivity index (χ2v) is 3.24. The van der Waals surface area contributed by atoms with Crippen molar-refractivity contribution in [1.29, 1.82) is 0 Å².